The Bertz CT molecular complexity index is 874. The van der Waals surface area contributed by atoms with E-state index in [0.717, 1.165) is 3.57 Å². The molecule has 1 amide bonds. The van der Waals surface area contributed by atoms with Crippen molar-refractivity contribution < 1.29 is 18.0 Å². The van der Waals surface area contributed by atoms with Crippen molar-refractivity contribution in [3.63, 3.8) is 0 Å². The molecular formula is C15H14ClIN2O4S. The van der Waals surface area contributed by atoms with E-state index >= 15 is 0 Å². The third-order valence-corrected chi connectivity index (χ3v) is 6.29. The van der Waals surface area contributed by atoms with Gasteiger partial charge in [0.2, 0.25) is 0 Å². The molecular weight excluding hydrogens is 467 g/mol. The maximum atomic E-state index is 12.4. The molecule has 24 heavy (non-hydrogen) atoms. The Morgan fingerprint density at radius 1 is 1.25 bits per heavy atom. The van der Waals surface area contributed by atoms with Crippen molar-refractivity contribution in [1.82, 2.24) is 4.47 Å². The Kier molecular flexibility index (Phi) is 6.21. The highest BCUT2D eigenvalue weighted by Gasteiger charge is 2.25. The van der Waals surface area contributed by atoms with Crippen LogP contribution in [-0.4, -0.2) is 33.0 Å². The molecule has 2 aromatic carbocycles. The van der Waals surface area contributed by atoms with Crippen molar-refractivity contribution in [2.45, 2.75) is 4.90 Å². The van der Waals surface area contributed by atoms with Crippen LogP contribution in [0.4, 0.5) is 5.69 Å². The summed E-state index contributed by atoms with van der Waals surface area (Å²) >= 11 is 8.07. The van der Waals surface area contributed by atoms with Crippen LogP contribution < -0.4 is 5.32 Å². The van der Waals surface area contributed by atoms with E-state index in [1.54, 1.807) is 12.1 Å². The van der Waals surface area contributed by atoms with E-state index in [2.05, 4.69) is 27.9 Å². The lowest BCUT2D eigenvalue weighted by Crippen LogP contribution is -2.26. The molecule has 6 nitrogen and oxygen atoms in total. The first kappa shape index (κ1) is 19.1. The molecule has 2 rings (SSSR count). The molecule has 0 radical (unpaired) electrons. The van der Waals surface area contributed by atoms with Gasteiger partial charge in [-0.3, -0.25) is 9.63 Å². The fourth-order valence-electron chi connectivity index (χ4n) is 1.84. The van der Waals surface area contributed by atoms with Gasteiger partial charge in [0.15, 0.2) is 0 Å². The van der Waals surface area contributed by atoms with Crippen LogP contribution in [0, 0.1) is 3.57 Å². The van der Waals surface area contributed by atoms with Gasteiger partial charge in [-0.2, -0.15) is 0 Å². The number of carbonyl (C=O) groups is 1. The zero-order chi connectivity index (χ0) is 17.9. The lowest BCUT2D eigenvalue weighted by molar-refractivity contribution is -0.0258. The molecule has 0 heterocycles. The van der Waals surface area contributed by atoms with Crippen molar-refractivity contribution in [1.29, 1.82) is 0 Å². The molecule has 0 aliphatic carbocycles. The predicted molar refractivity (Wildman–Crippen MR) is 101 cm³/mol. The van der Waals surface area contributed by atoms with Crippen molar-refractivity contribution in [3.05, 3.63) is 56.6 Å². The summed E-state index contributed by atoms with van der Waals surface area (Å²) in [4.78, 5) is 16.9. The third kappa shape index (κ3) is 4.06. The molecule has 0 atom stereocenters. The van der Waals surface area contributed by atoms with Crippen molar-refractivity contribution in [2.75, 3.05) is 19.5 Å². The predicted octanol–water partition coefficient (Wildman–Crippen LogP) is 3.38. The molecule has 9 heteroatoms. The van der Waals surface area contributed by atoms with E-state index in [9.17, 15) is 13.2 Å². The van der Waals surface area contributed by atoms with Crippen LogP contribution in [0.5, 0.6) is 0 Å². The SMILES string of the molecule is CON(C)S(=O)(=O)c1cc(C(=O)Nc2ccccc2I)ccc1Cl. The Labute approximate surface area is 158 Å². The molecule has 2 aromatic rings. The quantitative estimate of drug-likeness (QED) is 0.526. The molecule has 0 aromatic heterocycles. The highest BCUT2D eigenvalue weighted by atomic mass is 127. The molecule has 0 saturated heterocycles. The standard InChI is InChI=1S/C15H14ClIN2O4S/c1-19(23-2)24(21,22)14-9-10(7-8-11(14)16)15(20)18-13-6-4-3-5-12(13)17/h3-9H,1-2H3,(H,18,20). The number of anilines is 1. The molecule has 0 aliphatic rings. The van der Waals surface area contributed by atoms with Gasteiger partial charge in [-0.25, -0.2) is 8.42 Å². The van der Waals surface area contributed by atoms with E-state index < -0.39 is 15.9 Å². The summed E-state index contributed by atoms with van der Waals surface area (Å²) in [5.74, 6) is -0.438. The van der Waals surface area contributed by atoms with E-state index in [4.69, 9.17) is 16.4 Å². The Hall–Kier alpha value is -1.20. The maximum absolute atomic E-state index is 12.4. The minimum absolute atomic E-state index is 0.00439. The maximum Gasteiger partial charge on any atom is 0.266 e. The minimum Gasteiger partial charge on any atom is -0.321 e. The summed E-state index contributed by atoms with van der Waals surface area (Å²) in [7, 11) is -1.50. The third-order valence-electron chi connectivity index (χ3n) is 3.19. The number of hydrogen-bond acceptors (Lipinski definition) is 4. The van der Waals surface area contributed by atoms with Crippen LogP contribution >= 0.6 is 34.2 Å². The van der Waals surface area contributed by atoms with Crippen molar-refractivity contribution >= 4 is 55.8 Å². The number of nitrogens with one attached hydrogen (secondary N) is 1. The zero-order valence-electron chi connectivity index (χ0n) is 12.8. The normalized spacial score (nSPS) is 11.5. The molecule has 128 valence electrons. The second kappa shape index (κ2) is 7.79. The van der Waals surface area contributed by atoms with Crippen LogP contribution in [0.2, 0.25) is 5.02 Å². The summed E-state index contributed by atoms with van der Waals surface area (Å²) in [6.45, 7) is 0. The van der Waals surface area contributed by atoms with Gasteiger partial charge >= 0.3 is 0 Å². The van der Waals surface area contributed by atoms with E-state index in [0.29, 0.717) is 10.2 Å². The second-order valence-electron chi connectivity index (χ2n) is 4.68. The number of benzene rings is 2. The number of amides is 1. The largest absolute Gasteiger partial charge is 0.321 e. The average Bonchev–Trinajstić information content (AvgIpc) is 2.56. The van der Waals surface area contributed by atoms with Gasteiger partial charge in [-0.1, -0.05) is 28.2 Å². The first-order valence-electron chi connectivity index (χ1n) is 6.66. The van der Waals surface area contributed by atoms with Gasteiger partial charge in [0.25, 0.3) is 15.9 Å². The number of carbonyl (C=O) groups excluding carboxylic acids is 1. The van der Waals surface area contributed by atoms with Gasteiger partial charge in [0, 0.05) is 16.2 Å². The number of rotatable bonds is 5. The summed E-state index contributed by atoms with van der Waals surface area (Å²) in [6.07, 6.45) is 0. The van der Waals surface area contributed by atoms with Crippen LogP contribution in [0.15, 0.2) is 47.4 Å². The van der Waals surface area contributed by atoms with Gasteiger partial charge in [0.1, 0.15) is 4.90 Å². The lowest BCUT2D eigenvalue weighted by atomic mass is 10.2. The Morgan fingerprint density at radius 3 is 2.54 bits per heavy atom. The van der Waals surface area contributed by atoms with E-state index in [1.807, 2.05) is 12.1 Å². The van der Waals surface area contributed by atoms with Gasteiger partial charge in [-0.15, -0.1) is 0 Å². The molecule has 1 N–H and O–H groups in total. The highest BCUT2D eigenvalue weighted by Crippen LogP contribution is 2.26. The monoisotopic (exact) mass is 480 g/mol. The number of para-hydroxylation sites is 1. The molecule has 0 saturated carbocycles. The number of hydroxylamine groups is 1. The van der Waals surface area contributed by atoms with Crippen LogP contribution in [0.1, 0.15) is 10.4 Å². The number of nitrogens with zero attached hydrogens (tertiary/aromatic N) is 1. The summed E-state index contributed by atoms with van der Waals surface area (Å²) in [6, 6.07) is 11.3. The molecule has 0 bridgehead atoms. The molecule has 0 unspecified atom stereocenters. The first-order chi connectivity index (χ1) is 11.3. The summed E-state index contributed by atoms with van der Waals surface area (Å²) in [5.41, 5.74) is 0.804. The second-order valence-corrected chi connectivity index (χ2v) is 8.15. The van der Waals surface area contributed by atoms with Gasteiger partial charge in [0.05, 0.1) is 17.8 Å². The van der Waals surface area contributed by atoms with Crippen molar-refractivity contribution in [3.8, 4) is 0 Å². The fraction of sp³-hybridized carbons (Fsp3) is 0.133. The topological polar surface area (TPSA) is 75.7 Å². The van der Waals surface area contributed by atoms with Crippen LogP contribution in [0.25, 0.3) is 0 Å². The summed E-state index contributed by atoms with van der Waals surface area (Å²) < 4.78 is 26.3. The number of hydrogen-bond donors (Lipinski definition) is 1. The Morgan fingerprint density at radius 2 is 1.92 bits per heavy atom. The van der Waals surface area contributed by atoms with Crippen molar-refractivity contribution in [2.24, 2.45) is 0 Å². The average molecular weight is 481 g/mol. The highest BCUT2D eigenvalue weighted by molar-refractivity contribution is 14.1. The van der Waals surface area contributed by atoms with Crippen LogP contribution in [0.3, 0.4) is 0 Å². The smallest absolute Gasteiger partial charge is 0.266 e. The molecule has 0 fully saturated rings. The van der Waals surface area contributed by atoms with E-state index in [-0.39, 0.29) is 15.5 Å². The first-order valence-corrected chi connectivity index (χ1v) is 9.55. The molecule has 0 spiro atoms. The van der Waals surface area contributed by atoms with Gasteiger partial charge in [-0.05, 0) is 52.9 Å². The number of halogens is 2. The Balaban J connectivity index is 2.38. The van der Waals surface area contributed by atoms with Crippen LogP contribution in [-0.2, 0) is 14.9 Å². The fourth-order valence-corrected chi connectivity index (χ4v) is 3.83. The zero-order valence-corrected chi connectivity index (χ0v) is 16.5. The lowest BCUT2D eigenvalue weighted by Gasteiger charge is -2.16. The number of sulfonamides is 1. The molecule has 0 aliphatic heterocycles. The van der Waals surface area contributed by atoms with E-state index in [1.165, 1.54) is 32.4 Å². The minimum atomic E-state index is -3.96. The summed E-state index contributed by atoms with van der Waals surface area (Å²) in [5, 5.41) is 2.74. The van der Waals surface area contributed by atoms with Gasteiger partial charge < -0.3 is 5.32 Å².